The van der Waals surface area contributed by atoms with Crippen molar-refractivity contribution in [3.63, 3.8) is 0 Å². The van der Waals surface area contributed by atoms with Crippen LogP contribution < -0.4 is 15.6 Å². The molecule has 1 heterocycles. The fraction of sp³-hybridized carbons (Fsp3) is 0.185. The van der Waals surface area contributed by atoms with Gasteiger partial charge in [-0.15, -0.1) is 0 Å². The largest absolute Gasteiger partial charge is 0.481 e. The summed E-state index contributed by atoms with van der Waals surface area (Å²) in [6.45, 7) is 3.70. The molecule has 10 heteroatoms. The molecule has 0 aliphatic heterocycles. The van der Waals surface area contributed by atoms with Gasteiger partial charge in [-0.25, -0.2) is 4.98 Å². The molecule has 4 rings (SSSR count). The number of carbonyl (C=O) groups excluding carboxylic acids is 1. The van der Waals surface area contributed by atoms with E-state index < -0.39 is 0 Å². The van der Waals surface area contributed by atoms with E-state index in [2.05, 4.69) is 31.3 Å². The minimum absolute atomic E-state index is 0.181. The number of carbonyl (C=O) groups is 1. The fourth-order valence-corrected chi connectivity index (χ4v) is 4.56. The molecule has 1 aromatic heterocycles. The first kappa shape index (κ1) is 26.9. The molecular weight excluding hydrogens is 579 g/mol. The summed E-state index contributed by atoms with van der Waals surface area (Å²) in [4.78, 5) is 30.0. The second-order valence-electron chi connectivity index (χ2n) is 8.32. The first-order valence-electron chi connectivity index (χ1n) is 11.5. The van der Waals surface area contributed by atoms with Gasteiger partial charge in [0.15, 0.2) is 12.4 Å². The van der Waals surface area contributed by atoms with Crippen molar-refractivity contribution in [1.82, 2.24) is 9.66 Å². The lowest BCUT2D eigenvalue weighted by Gasteiger charge is -2.11. The van der Waals surface area contributed by atoms with Crippen LogP contribution in [-0.2, 0) is 11.2 Å². The summed E-state index contributed by atoms with van der Waals surface area (Å²) in [6.07, 6.45) is 2.86. The summed E-state index contributed by atoms with van der Waals surface area (Å²) in [5, 5.41) is 8.01. The van der Waals surface area contributed by atoms with Gasteiger partial charge >= 0.3 is 0 Å². The van der Waals surface area contributed by atoms with E-state index >= 15 is 0 Å². The van der Waals surface area contributed by atoms with Gasteiger partial charge in [0, 0.05) is 16.6 Å². The molecule has 0 radical (unpaired) electrons. The molecule has 0 bridgehead atoms. The number of halogens is 3. The third kappa shape index (κ3) is 6.57. The lowest BCUT2D eigenvalue weighted by Crippen LogP contribution is -2.22. The van der Waals surface area contributed by atoms with Gasteiger partial charge in [-0.3, -0.25) is 9.59 Å². The standard InChI is InChI=1S/C27H23BrCl2N4O3/c1-3-4-24-33-23-10-7-18(28)13-20(23)27(36)34(24)31-14-17-11-21(29)26(22(30)12-17)37-15-25(35)32-19-8-5-16(2)6-9-19/h5-14H,3-4,15H2,1-2H3,(H,32,35). The highest BCUT2D eigenvalue weighted by molar-refractivity contribution is 9.10. The van der Waals surface area contributed by atoms with E-state index in [1.54, 1.807) is 24.3 Å². The van der Waals surface area contributed by atoms with Crippen molar-refractivity contribution < 1.29 is 9.53 Å². The van der Waals surface area contributed by atoms with Crippen LogP contribution in [0.4, 0.5) is 5.69 Å². The average molecular weight is 602 g/mol. The van der Waals surface area contributed by atoms with Crippen molar-refractivity contribution in [3.8, 4) is 5.75 Å². The predicted molar refractivity (Wildman–Crippen MR) is 152 cm³/mol. The number of nitrogens with zero attached hydrogens (tertiary/aromatic N) is 3. The Hall–Kier alpha value is -3.20. The number of anilines is 1. The molecule has 0 aliphatic carbocycles. The third-order valence-electron chi connectivity index (χ3n) is 5.37. The van der Waals surface area contributed by atoms with Crippen LogP contribution in [0, 0.1) is 6.92 Å². The molecule has 0 atom stereocenters. The molecule has 0 spiro atoms. The summed E-state index contributed by atoms with van der Waals surface area (Å²) in [5.74, 6) is 0.385. The predicted octanol–water partition coefficient (Wildman–Crippen LogP) is 6.63. The minimum atomic E-state index is -0.347. The Labute approximate surface area is 232 Å². The molecular formula is C27H23BrCl2N4O3. The zero-order valence-electron chi connectivity index (χ0n) is 20.1. The van der Waals surface area contributed by atoms with E-state index in [-0.39, 0.29) is 33.9 Å². The minimum Gasteiger partial charge on any atom is -0.481 e. The molecule has 0 fully saturated rings. The van der Waals surface area contributed by atoms with Crippen molar-refractivity contribution in [2.45, 2.75) is 26.7 Å². The van der Waals surface area contributed by atoms with E-state index in [0.717, 1.165) is 16.5 Å². The van der Waals surface area contributed by atoms with E-state index in [1.807, 2.05) is 44.2 Å². The molecule has 0 unspecified atom stereocenters. The molecule has 4 aromatic rings. The number of fused-ring (bicyclic) bond motifs is 1. The van der Waals surface area contributed by atoms with Gasteiger partial charge < -0.3 is 10.1 Å². The van der Waals surface area contributed by atoms with E-state index in [4.69, 9.17) is 27.9 Å². The maximum absolute atomic E-state index is 13.2. The van der Waals surface area contributed by atoms with Gasteiger partial charge in [0.1, 0.15) is 5.82 Å². The van der Waals surface area contributed by atoms with Crippen molar-refractivity contribution in [1.29, 1.82) is 0 Å². The average Bonchev–Trinajstić information content (AvgIpc) is 2.85. The molecule has 1 N–H and O–H groups in total. The number of amides is 1. The van der Waals surface area contributed by atoms with Crippen molar-refractivity contribution in [2.75, 3.05) is 11.9 Å². The summed E-state index contributed by atoms with van der Waals surface area (Å²) in [5.41, 5.74) is 2.64. The quantitative estimate of drug-likeness (QED) is 0.230. The Kier molecular flexibility index (Phi) is 8.63. The van der Waals surface area contributed by atoms with Gasteiger partial charge in [0.05, 0.1) is 27.2 Å². The summed E-state index contributed by atoms with van der Waals surface area (Å²) < 4.78 is 7.65. The summed E-state index contributed by atoms with van der Waals surface area (Å²) >= 11 is 16.2. The Bertz CT molecular complexity index is 1530. The van der Waals surface area contributed by atoms with Crippen LogP contribution in [0.5, 0.6) is 5.75 Å². The highest BCUT2D eigenvalue weighted by Gasteiger charge is 2.13. The lowest BCUT2D eigenvalue weighted by molar-refractivity contribution is -0.118. The second-order valence-corrected chi connectivity index (χ2v) is 10.0. The van der Waals surface area contributed by atoms with E-state index in [9.17, 15) is 9.59 Å². The Balaban J connectivity index is 1.54. The second kappa shape index (κ2) is 11.9. The monoisotopic (exact) mass is 600 g/mol. The lowest BCUT2D eigenvalue weighted by atomic mass is 10.2. The topological polar surface area (TPSA) is 85.6 Å². The van der Waals surface area contributed by atoms with Crippen LogP contribution in [0.3, 0.4) is 0 Å². The maximum atomic E-state index is 13.2. The van der Waals surface area contributed by atoms with Crippen molar-refractivity contribution in [2.24, 2.45) is 5.10 Å². The molecule has 37 heavy (non-hydrogen) atoms. The maximum Gasteiger partial charge on any atom is 0.282 e. The number of aromatic nitrogens is 2. The molecule has 1 amide bonds. The zero-order valence-corrected chi connectivity index (χ0v) is 23.2. The van der Waals surface area contributed by atoms with Crippen LogP contribution in [0.15, 0.2) is 69.0 Å². The third-order valence-corrected chi connectivity index (χ3v) is 6.43. The van der Waals surface area contributed by atoms with Gasteiger partial charge in [-0.1, -0.05) is 63.8 Å². The molecule has 7 nitrogen and oxygen atoms in total. The molecule has 0 saturated heterocycles. The first-order chi connectivity index (χ1) is 17.7. The fourth-order valence-electron chi connectivity index (χ4n) is 3.59. The Morgan fingerprint density at radius 3 is 2.51 bits per heavy atom. The number of nitrogens with one attached hydrogen (secondary N) is 1. The first-order valence-corrected chi connectivity index (χ1v) is 13.0. The number of hydrogen-bond donors (Lipinski definition) is 1. The summed E-state index contributed by atoms with van der Waals surface area (Å²) in [7, 11) is 0. The number of ether oxygens (including phenoxy) is 1. The van der Waals surface area contributed by atoms with Crippen LogP contribution in [-0.4, -0.2) is 28.4 Å². The number of rotatable bonds is 8. The van der Waals surface area contributed by atoms with Crippen molar-refractivity contribution >= 4 is 67.8 Å². The van der Waals surface area contributed by atoms with Crippen LogP contribution in [0.25, 0.3) is 10.9 Å². The molecule has 0 aliphatic rings. The normalized spacial score (nSPS) is 11.3. The van der Waals surface area contributed by atoms with E-state index in [1.165, 1.54) is 10.9 Å². The highest BCUT2D eigenvalue weighted by Crippen LogP contribution is 2.34. The number of aryl methyl sites for hydroxylation is 2. The zero-order chi connectivity index (χ0) is 26.5. The summed E-state index contributed by atoms with van der Waals surface area (Å²) in [6, 6.07) is 16.0. The Morgan fingerprint density at radius 1 is 1.14 bits per heavy atom. The number of hydrogen-bond acceptors (Lipinski definition) is 5. The van der Waals surface area contributed by atoms with Gasteiger partial charge in [-0.05, 0) is 61.4 Å². The van der Waals surface area contributed by atoms with Crippen LogP contribution in [0.1, 0.15) is 30.3 Å². The van der Waals surface area contributed by atoms with Gasteiger partial charge in [0.25, 0.3) is 11.5 Å². The Morgan fingerprint density at radius 2 is 1.84 bits per heavy atom. The van der Waals surface area contributed by atoms with Crippen LogP contribution >= 0.6 is 39.1 Å². The highest BCUT2D eigenvalue weighted by atomic mass is 79.9. The smallest absolute Gasteiger partial charge is 0.282 e. The molecule has 3 aromatic carbocycles. The molecule has 190 valence electrons. The molecule has 0 saturated carbocycles. The SMILES string of the molecule is CCCc1nc2ccc(Br)cc2c(=O)n1N=Cc1cc(Cl)c(OCC(=O)Nc2ccc(C)cc2)c(Cl)c1. The van der Waals surface area contributed by atoms with Crippen LogP contribution in [0.2, 0.25) is 10.0 Å². The van der Waals surface area contributed by atoms with Gasteiger partial charge in [-0.2, -0.15) is 9.78 Å². The number of benzene rings is 3. The van der Waals surface area contributed by atoms with E-state index in [0.29, 0.717) is 34.4 Å². The van der Waals surface area contributed by atoms with Crippen molar-refractivity contribution in [3.05, 3.63) is 96.4 Å². The van der Waals surface area contributed by atoms with Gasteiger partial charge in [0.2, 0.25) is 0 Å².